The third kappa shape index (κ3) is 4.66. The summed E-state index contributed by atoms with van der Waals surface area (Å²) in [5, 5.41) is 10.7. The van der Waals surface area contributed by atoms with E-state index < -0.39 is 5.56 Å². The highest BCUT2D eigenvalue weighted by Crippen LogP contribution is 2.32. The van der Waals surface area contributed by atoms with Crippen LogP contribution >= 0.6 is 0 Å². The van der Waals surface area contributed by atoms with Crippen LogP contribution in [0, 0.1) is 0 Å². The van der Waals surface area contributed by atoms with E-state index in [-0.39, 0.29) is 11.5 Å². The lowest BCUT2D eigenvalue weighted by Crippen LogP contribution is -2.09. The van der Waals surface area contributed by atoms with Crippen molar-refractivity contribution < 1.29 is 14.6 Å². The third-order valence-electron chi connectivity index (χ3n) is 3.92. The van der Waals surface area contributed by atoms with Crippen molar-refractivity contribution in [1.29, 1.82) is 0 Å². The van der Waals surface area contributed by atoms with Gasteiger partial charge in [-0.2, -0.15) is 0 Å². The number of pyridine rings is 1. The minimum absolute atomic E-state index is 0.255. The second-order valence-electron chi connectivity index (χ2n) is 5.95. The molecule has 0 spiro atoms. The molecule has 0 saturated carbocycles. The Morgan fingerprint density at radius 1 is 1.00 bits per heavy atom. The van der Waals surface area contributed by atoms with Gasteiger partial charge in [0.05, 0.1) is 18.7 Å². The van der Waals surface area contributed by atoms with Gasteiger partial charge in [0, 0.05) is 11.5 Å². The van der Waals surface area contributed by atoms with Crippen molar-refractivity contribution in [2.45, 2.75) is 52.4 Å². The Labute approximate surface area is 142 Å². The molecule has 1 heterocycles. The highest BCUT2D eigenvalue weighted by atomic mass is 16.5. The maximum atomic E-state index is 11.9. The summed E-state index contributed by atoms with van der Waals surface area (Å²) in [5.74, 6) is 0.592. The van der Waals surface area contributed by atoms with Gasteiger partial charge in [0.1, 0.15) is 5.75 Å². The molecule has 5 heteroatoms. The second kappa shape index (κ2) is 9.21. The lowest BCUT2D eigenvalue weighted by atomic mass is 10.2. The fourth-order valence-corrected chi connectivity index (χ4v) is 2.51. The number of fused-ring (bicyclic) bond motifs is 1. The first-order valence-electron chi connectivity index (χ1n) is 8.82. The molecule has 2 rings (SSSR count). The van der Waals surface area contributed by atoms with E-state index >= 15 is 0 Å². The predicted octanol–water partition coefficient (Wildman–Crippen LogP) is 4.37. The molecule has 0 atom stereocenters. The van der Waals surface area contributed by atoms with Crippen molar-refractivity contribution in [3.05, 3.63) is 28.6 Å². The van der Waals surface area contributed by atoms with Gasteiger partial charge in [-0.25, -0.2) is 0 Å². The van der Waals surface area contributed by atoms with E-state index in [2.05, 4.69) is 18.8 Å². The SMILES string of the molecule is CCCCCCOc1c(O)c(=O)[nH]c2cc(OCCCC)ccc12. The van der Waals surface area contributed by atoms with Crippen molar-refractivity contribution >= 4 is 10.9 Å². The summed E-state index contributed by atoms with van der Waals surface area (Å²) < 4.78 is 11.4. The topological polar surface area (TPSA) is 71.5 Å². The van der Waals surface area contributed by atoms with Crippen LogP contribution in [0.15, 0.2) is 23.0 Å². The molecular weight excluding hydrogens is 306 g/mol. The van der Waals surface area contributed by atoms with E-state index in [9.17, 15) is 9.90 Å². The number of hydrogen-bond acceptors (Lipinski definition) is 4. The Kier molecular flexibility index (Phi) is 6.97. The number of hydrogen-bond donors (Lipinski definition) is 2. The Morgan fingerprint density at radius 2 is 1.75 bits per heavy atom. The van der Waals surface area contributed by atoms with Crippen LogP contribution in [0.4, 0.5) is 0 Å². The predicted molar refractivity (Wildman–Crippen MR) is 96.3 cm³/mol. The molecule has 0 aliphatic rings. The van der Waals surface area contributed by atoms with Crippen LogP contribution in [0.5, 0.6) is 17.2 Å². The quantitative estimate of drug-likeness (QED) is 0.633. The van der Waals surface area contributed by atoms with Gasteiger partial charge in [-0.05, 0) is 25.0 Å². The number of aromatic amines is 1. The largest absolute Gasteiger partial charge is 0.500 e. The van der Waals surface area contributed by atoms with Crippen molar-refractivity contribution in [2.75, 3.05) is 13.2 Å². The molecule has 5 nitrogen and oxygen atoms in total. The normalized spacial score (nSPS) is 10.9. The van der Waals surface area contributed by atoms with Crippen molar-refractivity contribution in [3.63, 3.8) is 0 Å². The summed E-state index contributed by atoms with van der Waals surface area (Å²) in [6, 6.07) is 5.42. The molecular formula is C19H27NO4. The first-order chi connectivity index (χ1) is 11.7. The molecule has 2 N–H and O–H groups in total. The smallest absolute Gasteiger partial charge is 0.294 e. The molecule has 1 aromatic heterocycles. The van der Waals surface area contributed by atoms with Gasteiger partial charge >= 0.3 is 0 Å². The highest BCUT2D eigenvalue weighted by molar-refractivity contribution is 5.88. The van der Waals surface area contributed by atoms with Crippen LogP contribution < -0.4 is 15.0 Å². The molecule has 0 radical (unpaired) electrons. The summed E-state index contributed by atoms with van der Waals surface area (Å²) in [5.41, 5.74) is 0.0622. The lowest BCUT2D eigenvalue weighted by Gasteiger charge is -2.12. The molecule has 0 aliphatic heterocycles. The Balaban J connectivity index is 2.19. The van der Waals surface area contributed by atoms with Gasteiger partial charge in [0.15, 0.2) is 5.75 Å². The minimum atomic E-state index is -0.545. The number of aromatic hydroxyl groups is 1. The van der Waals surface area contributed by atoms with Crippen LogP contribution in [0.1, 0.15) is 52.4 Å². The van der Waals surface area contributed by atoms with Crippen LogP contribution in [0.25, 0.3) is 10.9 Å². The number of ether oxygens (including phenoxy) is 2. The Bertz CT molecular complexity index is 708. The first-order valence-corrected chi connectivity index (χ1v) is 8.82. The number of unbranched alkanes of at least 4 members (excludes halogenated alkanes) is 4. The van der Waals surface area contributed by atoms with E-state index in [0.717, 1.165) is 38.5 Å². The molecule has 2 aromatic rings. The van der Waals surface area contributed by atoms with E-state index in [4.69, 9.17) is 9.47 Å². The van der Waals surface area contributed by atoms with Gasteiger partial charge in [-0.3, -0.25) is 4.79 Å². The molecule has 0 fully saturated rings. The first kappa shape index (κ1) is 18.2. The van der Waals surface area contributed by atoms with Gasteiger partial charge in [-0.15, -0.1) is 0 Å². The fraction of sp³-hybridized carbons (Fsp3) is 0.526. The number of benzene rings is 1. The summed E-state index contributed by atoms with van der Waals surface area (Å²) in [4.78, 5) is 14.6. The maximum Gasteiger partial charge on any atom is 0.294 e. The number of H-pyrrole nitrogens is 1. The molecule has 24 heavy (non-hydrogen) atoms. The standard InChI is InChI=1S/C19H27NO4/c1-3-5-7-8-12-24-18-15-10-9-14(23-11-6-4-2)13-16(15)20-19(22)17(18)21/h9-10,13,21H,3-8,11-12H2,1-2H3,(H,20,22). The summed E-state index contributed by atoms with van der Waals surface area (Å²) in [6.45, 7) is 5.39. The molecule has 132 valence electrons. The molecule has 0 saturated heterocycles. The van der Waals surface area contributed by atoms with Crippen LogP contribution in [0.3, 0.4) is 0 Å². The van der Waals surface area contributed by atoms with Gasteiger partial charge in [-0.1, -0.05) is 39.5 Å². The minimum Gasteiger partial charge on any atom is -0.500 e. The molecule has 0 amide bonds. The molecule has 0 bridgehead atoms. The van der Waals surface area contributed by atoms with Crippen LogP contribution in [0.2, 0.25) is 0 Å². The summed E-state index contributed by atoms with van der Waals surface area (Å²) in [7, 11) is 0. The van der Waals surface area contributed by atoms with Gasteiger partial charge in [0.25, 0.3) is 5.56 Å². The Hall–Kier alpha value is -2.17. The average molecular weight is 333 g/mol. The fourth-order valence-electron chi connectivity index (χ4n) is 2.51. The zero-order valence-corrected chi connectivity index (χ0v) is 14.6. The monoisotopic (exact) mass is 333 g/mol. The summed E-state index contributed by atoms with van der Waals surface area (Å²) >= 11 is 0. The molecule has 0 unspecified atom stereocenters. The zero-order chi connectivity index (χ0) is 17.4. The Morgan fingerprint density at radius 3 is 2.50 bits per heavy atom. The zero-order valence-electron chi connectivity index (χ0n) is 14.6. The van der Waals surface area contributed by atoms with Crippen molar-refractivity contribution in [2.24, 2.45) is 0 Å². The van der Waals surface area contributed by atoms with E-state index in [0.29, 0.717) is 29.9 Å². The van der Waals surface area contributed by atoms with Gasteiger partial charge < -0.3 is 19.6 Å². The highest BCUT2D eigenvalue weighted by Gasteiger charge is 2.13. The number of rotatable bonds is 10. The third-order valence-corrected chi connectivity index (χ3v) is 3.92. The maximum absolute atomic E-state index is 11.9. The van der Waals surface area contributed by atoms with Crippen LogP contribution in [-0.4, -0.2) is 23.3 Å². The van der Waals surface area contributed by atoms with E-state index in [1.807, 2.05) is 12.1 Å². The van der Waals surface area contributed by atoms with Crippen molar-refractivity contribution in [1.82, 2.24) is 4.98 Å². The van der Waals surface area contributed by atoms with Crippen molar-refractivity contribution in [3.8, 4) is 17.2 Å². The average Bonchev–Trinajstić information content (AvgIpc) is 2.58. The summed E-state index contributed by atoms with van der Waals surface area (Å²) in [6.07, 6.45) is 6.34. The van der Waals surface area contributed by atoms with Gasteiger partial charge in [0.2, 0.25) is 5.75 Å². The number of aromatic nitrogens is 1. The van der Waals surface area contributed by atoms with E-state index in [1.54, 1.807) is 6.07 Å². The second-order valence-corrected chi connectivity index (χ2v) is 5.95. The van der Waals surface area contributed by atoms with E-state index in [1.165, 1.54) is 0 Å². The number of nitrogens with one attached hydrogen (secondary N) is 1. The lowest BCUT2D eigenvalue weighted by molar-refractivity contribution is 0.291. The van der Waals surface area contributed by atoms with Crippen LogP contribution in [-0.2, 0) is 0 Å². The molecule has 0 aliphatic carbocycles. The molecule has 1 aromatic carbocycles.